The van der Waals surface area contributed by atoms with Gasteiger partial charge in [-0.1, -0.05) is 19.3 Å². The number of aryl methyl sites for hydroxylation is 1. The third-order valence-electron chi connectivity index (χ3n) is 3.86. The van der Waals surface area contributed by atoms with Crippen LogP contribution >= 0.6 is 0 Å². The largest absolute Gasteiger partial charge is 0.481 e. The molecule has 2 atom stereocenters. The fraction of sp³-hybridized carbons (Fsp3) is 0.643. The number of carboxylic acid groups (broad SMARTS) is 1. The Morgan fingerprint density at radius 3 is 2.81 bits per heavy atom. The number of carboxylic acids is 1. The van der Waals surface area contributed by atoms with Gasteiger partial charge in [0.15, 0.2) is 0 Å². The van der Waals surface area contributed by atoms with E-state index in [0.717, 1.165) is 31.2 Å². The normalized spacial score (nSPS) is 22.3. The SMILES string of the molecule is Cn1cc(CNC(=O)NC2CCCCCC2C(=O)O)cn1. The van der Waals surface area contributed by atoms with E-state index in [2.05, 4.69) is 15.7 Å². The lowest BCUT2D eigenvalue weighted by Crippen LogP contribution is -2.47. The van der Waals surface area contributed by atoms with E-state index in [1.807, 2.05) is 13.2 Å². The molecule has 2 amide bonds. The van der Waals surface area contributed by atoms with Crippen molar-refractivity contribution in [1.29, 1.82) is 0 Å². The molecule has 1 aromatic heterocycles. The summed E-state index contributed by atoms with van der Waals surface area (Å²) in [7, 11) is 1.81. The first kappa shape index (κ1) is 15.3. The molecule has 0 saturated heterocycles. The molecule has 0 spiro atoms. The van der Waals surface area contributed by atoms with E-state index in [0.29, 0.717) is 13.0 Å². The minimum atomic E-state index is -0.825. The summed E-state index contributed by atoms with van der Waals surface area (Å²) in [6.45, 7) is 0.379. The average Bonchev–Trinajstić information content (AvgIpc) is 2.70. The highest BCUT2D eigenvalue weighted by molar-refractivity contribution is 5.76. The maximum Gasteiger partial charge on any atom is 0.315 e. The van der Waals surface area contributed by atoms with Crippen LogP contribution in [0.25, 0.3) is 0 Å². The Morgan fingerprint density at radius 2 is 2.14 bits per heavy atom. The van der Waals surface area contributed by atoms with E-state index in [1.165, 1.54) is 0 Å². The van der Waals surface area contributed by atoms with Crippen molar-refractivity contribution >= 4 is 12.0 Å². The van der Waals surface area contributed by atoms with E-state index >= 15 is 0 Å². The second kappa shape index (κ2) is 7.10. The molecule has 1 aromatic rings. The van der Waals surface area contributed by atoms with Crippen LogP contribution in [-0.4, -0.2) is 32.9 Å². The van der Waals surface area contributed by atoms with Crippen LogP contribution in [0.2, 0.25) is 0 Å². The van der Waals surface area contributed by atoms with Crippen LogP contribution in [-0.2, 0) is 18.4 Å². The zero-order valence-corrected chi connectivity index (χ0v) is 12.2. The molecule has 1 aliphatic rings. The van der Waals surface area contributed by atoms with Crippen molar-refractivity contribution in [1.82, 2.24) is 20.4 Å². The van der Waals surface area contributed by atoms with E-state index in [4.69, 9.17) is 0 Å². The molecule has 7 nitrogen and oxygen atoms in total. The molecule has 1 saturated carbocycles. The fourth-order valence-electron chi connectivity index (χ4n) is 2.74. The Bertz CT molecular complexity index is 500. The predicted octanol–water partition coefficient (Wildman–Crippen LogP) is 1.25. The molecular formula is C14H22N4O3. The van der Waals surface area contributed by atoms with E-state index in [9.17, 15) is 14.7 Å². The van der Waals surface area contributed by atoms with Gasteiger partial charge in [0.05, 0.1) is 12.1 Å². The van der Waals surface area contributed by atoms with Crippen LogP contribution in [0.15, 0.2) is 12.4 Å². The maximum absolute atomic E-state index is 11.9. The standard InChI is InChI=1S/C14H22N4O3/c1-18-9-10(8-16-18)7-15-14(21)17-12-6-4-2-3-5-11(12)13(19)20/h8-9,11-12H,2-7H2,1H3,(H,19,20)(H2,15,17,21). The van der Waals surface area contributed by atoms with Gasteiger partial charge in [0, 0.05) is 31.4 Å². The highest BCUT2D eigenvalue weighted by atomic mass is 16.4. The third kappa shape index (κ3) is 4.47. The quantitative estimate of drug-likeness (QED) is 0.728. The molecule has 1 aliphatic carbocycles. The van der Waals surface area contributed by atoms with Crippen LogP contribution in [0.1, 0.15) is 37.7 Å². The lowest BCUT2D eigenvalue weighted by Gasteiger charge is -2.22. The van der Waals surface area contributed by atoms with Gasteiger partial charge in [-0.3, -0.25) is 9.48 Å². The van der Waals surface area contributed by atoms with Gasteiger partial charge >= 0.3 is 12.0 Å². The lowest BCUT2D eigenvalue weighted by molar-refractivity contribution is -0.142. The molecule has 0 radical (unpaired) electrons. The van der Waals surface area contributed by atoms with Gasteiger partial charge in [0.25, 0.3) is 0 Å². The number of hydrogen-bond acceptors (Lipinski definition) is 3. The maximum atomic E-state index is 11.9. The summed E-state index contributed by atoms with van der Waals surface area (Å²) in [5, 5.41) is 18.9. The molecule has 21 heavy (non-hydrogen) atoms. The van der Waals surface area contributed by atoms with Crippen LogP contribution < -0.4 is 10.6 Å². The Morgan fingerprint density at radius 1 is 1.38 bits per heavy atom. The Balaban J connectivity index is 1.85. The van der Waals surface area contributed by atoms with Crippen molar-refractivity contribution in [2.24, 2.45) is 13.0 Å². The molecular weight excluding hydrogens is 272 g/mol. The van der Waals surface area contributed by atoms with Crippen molar-refractivity contribution in [2.75, 3.05) is 0 Å². The van der Waals surface area contributed by atoms with Gasteiger partial charge in [-0.15, -0.1) is 0 Å². The number of carbonyl (C=O) groups excluding carboxylic acids is 1. The topological polar surface area (TPSA) is 96.2 Å². The Kier molecular flexibility index (Phi) is 5.19. The zero-order valence-electron chi connectivity index (χ0n) is 12.2. The third-order valence-corrected chi connectivity index (χ3v) is 3.86. The lowest BCUT2D eigenvalue weighted by atomic mass is 9.95. The first-order chi connectivity index (χ1) is 10.1. The highest BCUT2D eigenvalue weighted by Gasteiger charge is 2.30. The van der Waals surface area contributed by atoms with Crippen molar-refractivity contribution in [3.05, 3.63) is 18.0 Å². The number of hydrogen-bond donors (Lipinski definition) is 3. The van der Waals surface area contributed by atoms with Gasteiger partial charge in [-0.25, -0.2) is 4.79 Å². The van der Waals surface area contributed by atoms with Gasteiger partial charge in [0.2, 0.25) is 0 Å². The number of nitrogens with one attached hydrogen (secondary N) is 2. The van der Waals surface area contributed by atoms with Gasteiger partial charge in [0.1, 0.15) is 0 Å². The minimum absolute atomic E-state index is 0.293. The first-order valence-corrected chi connectivity index (χ1v) is 7.31. The summed E-state index contributed by atoms with van der Waals surface area (Å²) in [5.74, 6) is -1.31. The molecule has 0 aromatic carbocycles. The number of rotatable bonds is 4. The summed E-state index contributed by atoms with van der Waals surface area (Å²) in [6, 6.07) is -0.615. The molecule has 2 rings (SSSR count). The van der Waals surface area contributed by atoms with E-state index in [-0.39, 0.29) is 12.1 Å². The number of nitrogens with zero attached hydrogens (tertiary/aromatic N) is 2. The summed E-state index contributed by atoms with van der Waals surface area (Å²) in [4.78, 5) is 23.2. The summed E-state index contributed by atoms with van der Waals surface area (Å²) in [6.07, 6.45) is 7.75. The van der Waals surface area contributed by atoms with Crippen LogP contribution in [0.4, 0.5) is 4.79 Å². The van der Waals surface area contributed by atoms with Crippen molar-refractivity contribution in [3.8, 4) is 0 Å². The molecule has 1 fully saturated rings. The van der Waals surface area contributed by atoms with Crippen LogP contribution in [0.3, 0.4) is 0 Å². The molecule has 116 valence electrons. The smallest absolute Gasteiger partial charge is 0.315 e. The molecule has 1 heterocycles. The monoisotopic (exact) mass is 294 g/mol. The number of carbonyl (C=O) groups is 2. The average molecular weight is 294 g/mol. The molecule has 3 N–H and O–H groups in total. The minimum Gasteiger partial charge on any atom is -0.481 e. The van der Waals surface area contributed by atoms with Crippen molar-refractivity contribution in [3.63, 3.8) is 0 Å². The summed E-state index contributed by atoms with van der Waals surface area (Å²) in [5.41, 5.74) is 0.906. The predicted molar refractivity (Wildman–Crippen MR) is 76.6 cm³/mol. The summed E-state index contributed by atoms with van der Waals surface area (Å²) < 4.78 is 1.67. The molecule has 2 unspecified atom stereocenters. The van der Waals surface area contributed by atoms with E-state index < -0.39 is 11.9 Å². The number of aromatic nitrogens is 2. The second-order valence-corrected chi connectivity index (χ2v) is 5.54. The van der Waals surface area contributed by atoms with Gasteiger partial charge in [-0.2, -0.15) is 5.10 Å². The second-order valence-electron chi connectivity index (χ2n) is 5.54. The Hall–Kier alpha value is -2.05. The zero-order chi connectivity index (χ0) is 15.2. The fourth-order valence-corrected chi connectivity index (χ4v) is 2.74. The van der Waals surface area contributed by atoms with Crippen molar-refractivity contribution in [2.45, 2.75) is 44.7 Å². The highest BCUT2D eigenvalue weighted by Crippen LogP contribution is 2.23. The number of amides is 2. The molecule has 7 heteroatoms. The number of aliphatic carboxylic acids is 1. The van der Waals surface area contributed by atoms with Crippen LogP contribution in [0.5, 0.6) is 0 Å². The molecule has 0 bridgehead atoms. The van der Waals surface area contributed by atoms with E-state index in [1.54, 1.807) is 10.9 Å². The van der Waals surface area contributed by atoms with Gasteiger partial charge < -0.3 is 15.7 Å². The van der Waals surface area contributed by atoms with Crippen LogP contribution in [0, 0.1) is 5.92 Å². The summed E-state index contributed by atoms with van der Waals surface area (Å²) >= 11 is 0. The number of urea groups is 1. The van der Waals surface area contributed by atoms with Crippen molar-refractivity contribution < 1.29 is 14.7 Å². The first-order valence-electron chi connectivity index (χ1n) is 7.31. The van der Waals surface area contributed by atoms with Gasteiger partial charge in [-0.05, 0) is 12.8 Å². The Labute approximate surface area is 123 Å². The molecule has 0 aliphatic heterocycles.